The average molecular weight is 489 g/mol. The van der Waals surface area contributed by atoms with Gasteiger partial charge in [-0.3, -0.25) is 9.69 Å². The molecule has 0 bridgehead atoms. The lowest BCUT2D eigenvalue weighted by molar-refractivity contribution is -0.118. The molecule has 9 nitrogen and oxygen atoms in total. The number of hydrogen-bond acceptors (Lipinski definition) is 6. The number of carbonyl (C=O) groups is 1. The molecule has 0 unspecified atom stereocenters. The first-order chi connectivity index (χ1) is 17.2. The summed E-state index contributed by atoms with van der Waals surface area (Å²) in [5, 5.41) is 4.40. The molecule has 0 spiro atoms. The van der Waals surface area contributed by atoms with Gasteiger partial charge in [-0.05, 0) is 56.9 Å². The van der Waals surface area contributed by atoms with Crippen LogP contribution in [0.1, 0.15) is 56.7 Å². The quantitative estimate of drug-likeness (QED) is 0.428. The maximum Gasteiger partial charge on any atom is 0.218 e. The fourth-order valence-corrected chi connectivity index (χ4v) is 5.78. The Morgan fingerprint density at radius 3 is 2.56 bits per heavy atom. The Hall–Kier alpha value is -3.46. The molecule has 4 aromatic rings. The second-order valence-corrected chi connectivity index (χ2v) is 10.5. The van der Waals surface area contributed by atoms with Crippen molar-refractivity contribution in [1.82, 2.24) is 29.5 Å². The number of nitrogens with one attached hydrogen (secondary N) is 1. The zero-order valence-corrected chi connectivity index (χ0v) is 22.0. The molecule has 2 atom stereocenters. The van der Waals surface area contributed by atoms with Crippen LogP contribution in [-0.4, -0.2) is 67.1 Å². The number of carbonyl (C=O) groups excluding carboxylic acids is 1. The molecule has 5 rings (SSSR count). The van der Waals surface area contributed by atoms with Gasteiger partial charge in [-0.1, -0.05) is 13.8 Å². The van der Waals surface area contributed by atoms with E-state index in [4.69, 9.17) is 10.7 Å². The van der Waals surface area contributed by atoms with Gasteiger partial charge in [0.2, 0.25) is 5.91 Å². The number of primary amides is 1. The van der Waals surface area contributed by atoms with E-state index >= 15 is 0 Å². The summed E-state index contributed by atoms with van der Waals surface area (Å²) in [6.45, 7) is 15.6. The molecule has 0 aromatic carbocycles. The molecule has 0 aliphatic carbocycles. The molecule has 190 valence electrons. The summed E-state index contributed by atoms with van der Waals surface area (Å²) in [5.41, 5.74) is 14.1. The zero-order chi connectivity index (χ0) is 25.7. The Morgan fingerprint density at radius 2 is 1.89 bits per heavy atom. The number of hydrogen-bond donors (Lipinski definition) is 2. The number of aromatic amines is 1. The van der Waals surface area contributed by atoms with E-state index in [1.807, 2.05) is 4.52 Å². The molecule has 9 heteroatoms. The third-order valence-corrected chi connectivity index (χ3v) is 7.57. The van der Waals surface area contributed by atoms with Crippen molar-refractivity contribution >= 4 is 28.4 Å². The van der Waals surface area contributed by atoms with E-state index < -0.39 is 0 Å². The Balaban J connectivity index is 1.56. The van der Waals surface area contributed by atoms with Crippen molar-refractivity contribution in [2.45, 2.75) is 66.0 Å². The fraction of sp³-hybridized carbons (Fsp3) is 0.481. The molecule has 3 N–H and O–H groups in total. The highest BCUT2D eigenvalue weighted by atomic mass is 16.1. The number of rotatable bonds is 6. The second kappa shape index (κ2) is 9.20. The van der Waals surface area contributed by atoms with Crippen molar-refractivity contribution in [3.05, 3.63) is 41.3 Å². The summed E-state index contributed by atoms with van der Waals surface area (Å²) >= 11 is 0. The van der Waals surface area contributed by atoms with Crippen molar-refractivity contribution in [3.8, 4) is 11.3 Å². The molecular formula is C27H36N8O. The summed E-state index contributed by atoms with van der Waals surface area (Å²) in [6.07, 6.45) is 4.06. The Kier molecular flexibility index (Phi) is 6.20. The number of amides is 1. The maximum absolute atomic E-state index is 11.3. The number of aromatic nitrogens is 5. The van der Waals surface area contributed by atoms with Crippen molar-refractivity contribution in [1.29, 1.82) is 0 Å². The van der Waals surface area contributed by atoms with Crippen LogP contribution in [0.4, 0.5) is 5.82 Å². The average Bonchev–Trinajstić information content (AvgIpc) is 3.44. The summed E-state index contributed by atoms with van der Waals surface area (Å²) in [7, 11) is 0. The third kappa shape index (κ3) is 4.11. The predicted octanol–water partition coefficient (Wildman–Crippen LogP) is 3.79. The SMILES string of the molecule is Cc1c(-c2[nH]c3ccc(N4[C@@H](C)CN(CCC(N)=O)C[C@@H]4C)nc3c2C(C)C)cn2ncnc2c1C. The first-order valence-electron chi connectivity index (χ1n) is 12.8. The summed E-state index contributed by atoms with van der Waals surface area (Å²) in [5.74, 6) is 1.02. The van der Waals surface area contributed by atoms with Crippen LogP contribution in [0.2, 0.25) is 0 Å². The number of pyridine rings is 2. The second-order valence-electron chi connectivity index (χ2n) is 10.5. The van der Waals surface area contributed by atoms with Gasteiger partial charge in [0.15, 0.2) is 5.65 Å². The van der Waals surface area contributed by atoms with Crippen LogP contribution in [-0.2, 0) is 4.79 Å². The first-order valence-corrected chi connectivity index (χ1v) is 12.8. The van der Waals surface area contributed by atoms with Crippen LogP contribution in [0.15, 0.2) is 24.7 Å². The number of H-pyrrole nitrogens is 1. The minimum atomic E-state index is -0.247. The van der Waals surface area contributed by atoms with Gasteiger partial charge in [0.05, 0.1) is 16.7 Å². The number of anilines is 1. The number of nitrogens with zero attached hydrogens (tertiary/aromatic N) is 6. The summed E-state index contributed by atoms with van der Waals surface area (Å²) in [6, 6.07) is 4.82. The number of piperazine rings is 1. The largest absolute Gasteiger partial charge is 0.370 e. The molecule has 0 saturated carbocycles. The van der Waals surface area contributed by atoms with Crippen LogP contribution in [0, 0.1) is 13.8 Å². The summed E-state index contributed by atoms with van der Waals surface area (Å²) < 4.78 is 1.85. The monoisotopic (exact) mass is 488 g/mol. The molecule has 1 aliphatic heterocycles. The van der Waals surface area contributed by atoms with Crippen molar-refractivity contribution < 1.29 is 4.79 Å². The predicted molar refractivity (Wildman–Crippen MR) is 143 cm³/mol. The lowest BCUT2D eigenvalue weighted by atomic mass is 9.95. The van der Waals surface area contributed by atoms with Crippen LogP contribution >= 0.6 is 0 Å². The Bertz CT molecular complexity index is 1420. The van der Waals surface area contributed by atoms with Crippen LogP contribution in [0.5, 0.6) is 0 Å². The van der Waals surface area contributed by atoms with Gasteiger partial charge >= 0.3 is 0 Å². The van der Waals surface area contributed by atoms with Gasteiger partial charge < -0.3 is 15.6 Å². The molecule has 0 radical (unpaired) electrons. The molecule has 5 heterocycles. The number of nitrogens with two attached hydrogens (primary N) is 1. The molecule has 4 aromatic heterocycles. The molecule has 1 fully saturated rings. The topological polar surface area (TPSA) is 108 Å². The highest BCUT2D eigenvalue weighted by Crippen LogP contribution is 2.38. The Morgan fingerprint density at radius 1 is 1.17 bits per heavy atom. The van der Waals surface area contributed by atoms with Gasteiger partial charge in [-0.25, -0.2) is 14.5 Å². The summed E-state index contributed by atoms with van der Waals surface area (Å²) in [4.78, 5) is 29.3. The van der Waals surface area contributed by atoms with Gasteiger partial charge in [-0.2, -0.15) is 5.10 Å². The van der Waals surface area contributed by atoms with Gasteiger partial charge in [-0.15, -0.1) is 0 Å². The molecule has 1 amide bonds. The molecule has 1 aliphatic rings. The third-order valence-electron chi connectivity index (χ3n) is 7.57. The van der Waals surface area contributed by atoms with E-state index in [9.17, 15) is 4.79 Å². The van der Waals surface area contributed by atoms with E-state index in [2.05, 4.69) is 84.7 Å². The fourth-order valence-electron chi connectivity index (χ4n) is 5.78. The van der Waals surface area contributed by atoms with Crippen molar-refractivity contribution in [3.63, 3.8) is 0 Å². The van der Waals surface area contributed by atoms with Gasteiger partial charge in [0, 0.05) is 55.5 Å². The van der Waals surface area contributed by atoms with Crippen LogP contribution in [0.3, 0.4) is 0 Å². The number of fused-ring (bicyclic) bond motifs is 2. The minimum Gasteiger partial charge on any atom is -0.370 e. The van der Waals surface area contributed by atoms with E-state index in [0.29, 0.717) is 13.0 Å². The molecular weight excluding hydrogens is 452 g/mol. The normalized spacial score (nSPS) is 19.1. The maximum atomic E-state index is 11.3. The van der Waals surface area contributed by atoms with Crippen LogP contribution in [0.25, 0.3) is 27.9 Å². The standard InChI is InChI=1S/C27H36N8O/c1-15(2)24-25(20-13-34-27(29-14-30-34)19(6)18(20)5)31-21-7-8-23(32-26(21)24)35-16(3)11-33(12-17(35)4)10-9-22(28)36/h7-8,13-17,31H,9-12H2,1-6H3,(H2,28,36)/t16-,17-/m0/s1. The smallest absolute Gasteiger partial charge is 0.218 e. The first kappa shape index (κ1) is 24.2. The Labute approximate surface area is 211 Å². The molecule has 36 heavy (non-hydrogen) atoms. The van der Waals surface area contributed by atoms with E-state index in [-0.39, 0.29) is 23.9 Å². The van der Waals surface area contributed by atoms with Gasteiger partial charge in [0.1, 0.15) is 12.1 Å². The van der Waals surface area contributed by atoms with Gasteiger partial charge in [0.25, 0.3) is 0 Å². The van der Waals surface area contributed by atoms with E-state index in [1.165, 1.54) is 11.1 Å². The van der Waals surface area contributed by atoms with Crippen LogP contribution < -0.4 is 10.6 Å². The van der Waals surface area contributed by atoms with Crippen molar-refractivity contribution in [2.24, 2.45) is 5.73 Å². The van der Waals surface area contributed by atoms with Crippen molar-refractivity contribution in [2.75, 3.05) is 24.5 Å². The lowest BCUT2D eigenvalue weighted by Crippen LogP contribution is -2.57. The highest BCUT2D eigenvalue weighted by Gasteiger charge is 2.31. The van der Waals surface area contributed by atoms with E-state index in [0.717, 1.165) is 52.4 Å². The zero-order valence-electron chi connectivity index (χ0n) is 22.0. The molecule has 1 saturated heterocycles. The number of aryl methyl sites for hydroxylation is 1. The lowest BCUT2D eigenvalue weighted by Gasteiger charge is -2.45. The highest BCUT2D eigenvalue weighted by molar-refractivity contribution is 5.90. The van der Waals surface area contributed by atoms with E-state index in [1.54, 1.807) is 6.33 Å². The minimum absolute atomic E-state index is 0.247.